The summed E-state index contributed by atoms with van der Waals surface area (Å²) in [4.78, 5) is 26.0. The molecule has 0 unspecified atom stereocenters. The topological polar surface area (TPSA) is 122 Å². The number of rotatable bonds is 15. The Morgan fingerprint density at radius 1 is 1.07 bits per heavy atom. The minimum absolute atomic E-state index is 0.0595. The minimum Gasteiger partial charge on any atom is -0.440 e. The summed E-state index contributed by atoms with van der Waals surface area (Å²) in [6.07, 6.45) is 8.48. The number of likely N-dealkylation sites (tertiary alicyclic amines) is 1. The molecule has 1 aromatic carbocycles. The number of unbranched alkanes of at least 4 members (excludes halogenated alkanes) is 4. The Labute approximate surface area is 243 Å². The van der Waals surface area contributed by atoms with Gasteiger partial charge in [0, 0.05) is 24.4 Å². The molecular formula is C30H47N3O8. The zero-order chi connectivity index (χ0) is 29.3. The number of nitro groups is 1. The Bertz CT molecular complexity index is 984. The van der Waals surface area contributed by atoms with E-state index < -0.39 is 40.9 Å². The number of ether oxygens (including phenoxy) is 5. The van der Waals surface area contributed by atoms with Crippen LogP contribution in [0.2, 0.25) is 0 Å². The van der Waals surface area contributed by atoms with E-state index in [1.54, 1.807) is 0 Å². The summed E-state index contributed by atoms with van der Waals surface area (Å²) in [6, 6.07) is 5.60. The van der Waals surface area contributed by atoms with Crippen LogP contribution in [-0.2, 0) is 23.7 Å². The number of non-ortho nitro benzene ring substituents is 1. The van der Waals surface area contributed by atoms with Crippen molar-refractivity contribution in [1.29, 1.82) is 0 Å². The fraction of sp³-hybridized carbons (Fsp3) is 0.767. The van der Waals surface area contributed by atoms with Crippen molar-refractivity contribution in [3.05, 3.63) is 34.4 Å². The van der Waals surface area contributed by atoms with Crippen molar-refractivity contribution in [1.82, 2.24) is 4.90 Å². The largest absolute Gasteiger partial charge is 0.440 e. The predicted molar refractivity (Wildman–Crippen MR) is 154 cm³/mol. The molecule has 1 amide bonds. The smallest absolute Gasteiger partial charge is 0.412 e. The first-order chi connectivity index (χ1) is 19.7. The summed E-state index contributed by atoms with van der Waals surface area (Å²) in [5.74, 6) is -2.12. The molecule has 3 heterocycles. The summed E-state index contributed by atoms with van der Waals surface area (Å²) in [5, 5.41) is 13.6. The lowest BCUT2D eigenvalue weighted by molar-refractivity contribution is -0.384. The molecule has 3 aliphatic rings. The molecule has 0 radical (unpaired) electrons. The summed E-state index contributed by atoms with van der Waals surface area (Å²) in [7, 11) is 0. The van der Waals surface area contributed by atoms with Gasteiger partial charge in [0.2, 0.25) is 5.79 Å². The molecule has 1 aromatic rings. The molecule has 41 heavy (non-hydrogen) atoms. The molecule has 0 aromatic heterocycles. The quantitative estimate of drug-likeness (QED) is 0.152. The van der Waals surface area contributed by atoms with Gasteiger partial charge in [-0.3, -0.25) is 15.4 Å². The van der Waals surface area contributed by atoms with E-state index in [4.69, 9.17) is 23.7 Å². The first kappa shape index (κ1) is 31.6. The Kier molecular flexibility index (Phi) is 11.4. The highest BCUT2D eigenvalue weighted by Crippen LogP contribution is 2.47. The molecule has 0 spiro atoms. The van der Waals surface area contributed by atoms with Crippen LogP contribution in [0.5, 0.6) is 0 Å². The molecule has 3 aliphatic heterocycles. The number of nitrogens with one attached hydrogen (secondary N) is 1. The SMILES string of the molecule is CCCCCCCOC[C@@]12O[C@@H](CCCN3CCCCC3)[C@@H](OC(=O)Nc3ccc([N+](=O)[O-])cc3)[C@@H]1OC(C)(C)O2. The predicted octanol–water partition coefficient (Wildman–Crippen LogP) is 6.01. The van der Waals surface area contributed by atoms with E-state index in [9.17, 15) is 14.9 Å². The van der Waals surface area contributed by atoms with Crippen molar-refractivity contribution in [3.8, 4) is 0 Å². The lowest BCUT2D eigenvalue weighted by atomic mass is 10.0. The maximum Gasteiger partial charge on any atom is 0.412 e. The van der Waals surface area contributed by atoms with Crippen molar-refractivity contribution >= 4 is 17.5 Å². The second-order valence-corrected chi connectivity index (χ2v) is 11.8. The van der Waals surface area contributed by atoms with Gasteiger partial charge in [0.25, 0.3) is 5.69 Å². The van der Waals surface area contributed by atoms with E-state index in [0.717, 1.165) is 38.9 Å². The Morgan fingerprint density at radius 3 is 2.51 bits per heavy atom. The maximum absolute atomic E-state index is 13.0. The monoisotopic (exact) mass is 577 g/mol. The molecule has 0 saturated carbocycles. The van der Waals surface area contributed by atoms with Gasteiger partial charge in [-0.05, 0) is 77.7 Å². The van der Waals surface area contributed by atoms with E-state index in [1.165, 1.54) is 62.8 Å². The molecule has 11 heteroatoms. The molecule has 230 valence electrons. The number of nitro benzene ring substituents is 1. The van der Waals surface area contributed by atoms with Crippen molar-refractivity contribution in [3.63, 3.8) is 0 Å². The summed E-state index contributed by atoms with van der Waals surface area (Å²) < 4.78 is 31.3. The van der Waals surface area contributed by atoms with Gasteiger partial charge in [-0.2, -0.15) is 0 Å². The molecule has 4 rings (SSSR count). The number of fused-ring (bicyclic) bond motifs is 1. The van der Waals surface area contributed by atoms with Crippen LogP contribution in [-0.4, -0.2) is 78.7 Å². The van der Waals surface area contributed by atoms with Crippen LogP contribution in [0.4, 0.5) is 16.2 Å². The average molecular weight is 578 g/mol. The second kappa shape index (κ2) is 14.7. The first-order valence-electron chi connectivity index (χ1n) is 15.3. The Morgan fingerprint density at radius 2 is 1.80 bits per heavy atom. The summed E-state index contributed by atoms with van der Waals surface area (Å²) in [5.41, 5.74) is 0.332. The number of piperidine rings is 1. The fourth-order valence-corrected chi connectivity index (χ4v) is 5.99. The fourth-order valence-electron chi connectivity index (χ4n) is 5.99. The first-order valence-corrected chi connectivity index (χ1v) is 15.3. The number of hydrogen-bond acceptors (Lipinski definition) is 9. The molecule has 3 saturated heterocycles. The van der Waals surface area contributed by atoms with E-state index in [2.05, 4.69) is 17.1 Å². The lowest BCUT2D eigenvalue weighted by Gasteiger charge is -2.29. The second-order valence-electron chi connectivity index (χ2n) is 11.8. The van der Waals surface area contributed by atoms with Crippen LogP contribution in [0.1, 0.15) is 85.0 Å². The number of hydrogen-bond donors (Lipinski definition) is 1. The molecule has 4 atom stereocenters. The van der Waals surface area contributed by atoms with Crippen molar-refractivity contribution in [2.24, 2.45) is 0 Å². The van der Waals surface area contributed by atoms with E-state index in [0.29, 0.717) is 18.7 Å². The minimum atomic E-state index is -1.18. The van der Waals surface area contributed by atoms with E-state index in [1.807, 2.05) is 13.8 Å². The van der Waals surface area contributed by atoms with Crippen molar-refractivity contribution < 1.29 is 33.4 Å². The lowest BCUT2D eigenvalue weighted by Crippen LogP contribution is -2.46. The van der Waals surface area contributed by atoms with Gasteiger partial charge < -0.3 is 28.6 Å². The van der Waals surface area contributed by atoms with Gasteiger partial charge in [0.05, 0.1) is 4.92 Å². The van der Waals surface area contributed by atoms with Crippen molar-refractivity contribution in [2.45, 2.75) is 115 Å². The number of carbonyl (C=O) groups excluding carboxylic acids is 1. The molecule has 11 nitrogen and oxygen atoms in total. The summed E-state index contributed by atoms with van der Waals surface area (Å²) in [6.45, 7) is 9.80. The molecule has 3 fully saturated rings. The van der Waals surface area contributed by atoms with E-state index >= 15 is 0 Å². The van der Waals surface area contributed by atoms with Crippen LogP contribution < -0.4 is 5.32 Å². The van der Waals surface area contributed by atoms with Crippen LogP contribution >= 0.6 is 0 Å². The van der Waals surface area contributed by atoms with Crippen LogP contribution in [0.15, 0.2) is 24.3 Å². The zero-order valence-electron chi connectivity index (χ0n) is 24.8. The number of benzene rings is 1. The number of nitrogens with zero attached hydrogens (tertiary/aromatic N) is 2. The normalized spacial score (nSPS) is 27.4. The van der Waals surface area contributed by atoms with Gasteiger partial charge in [-0.1, -0.05) is 39.0 Å². The van der Waals surface area contributed by atoms with Gasteiger partial charge in [0.1, 0.15) is 12.7 Å². The maximum atomic E-state index is 13.0. The number of carbonyl (C=O) groups is 1. The third-order valence-electron chi connectivity index (χ3n) is 7.95. The highest BCUT2D eigenvalue weighted by atomic mass is 16.9. The highest BCUT2D eigenvalue weighted by Gasteiger charge is 2.66. The van der Waals surface area contributed by atoms with Gasteiger partial charge in [-0.15, -0.1) is 0 Å². The highest BCUT2D eigenvalue weighted by molar-refractivity contribution is 5.84. The van der Waals surface area contributed by atoms with Crippen LogP contribution in [0.25, 0.3) is 0 Å². The third kappa shape index (κ3) is 8.84. The van der Waals surface area contributed by atoms with Gasteiger partial charge >= 0.3 is 6.09 Å². The molecule has 0 aliphatic carbocycles. The average Bonchev–Trinajstić information content (AvgIpc) is 3.35. The Hall–Kier alpha value is -2.31. The third-order valence-corrected chi connectivity index (χ3v) is 7.95. The molecular weight excluding hydrogens is 530 g/mol. The Balaban J connectivity index is 1.42. The molecule has 1 N–H and O–H groups in total. The van der Waals surface area contributed by atoms with Crippen LogP contribution in [0.3, 0.4) is 0 Å². The number of amides is 1. The van der Waals surface area contributed by atoms with Gasteiger partial charge in [-0.25, -0.2) is 4.79 Å². The molecule has 0 bridgehead atoms. The van der Waals surface area contributed by atoms with Gasteiger partial charge in [0.15, 0.2) is 18.0 Å². The van der Waals surface area contributed by atoms with E-state index in [-0.39, 0.29) is 12.3 Å². The standard InChI is InChI=1S/C30H47N3O8/c1-4-5-6-7-11-21-37-22-30-27(40-29(2,3)41-30)26(25(39-30)13-12-20-32-18-9-8-10-19-32)38-28(34)31-23-14-16-24(17-15-23)33(35)36/h14-17,25-27H,4-13,18-22H2,1-3H3,(H,31,34)/t25-,26+,27-,30-/m0/s1. The summed E-state index contributed by atoms with van der Waals surface area (Å²) >= 11 is 0. The van der Waals surface area contributed by atoms with Crippen molar-refractivity contribution in [2.75, 3.05) is 38.2 Å². The van der Waals surface area contributed by atoms with Crippen LogP contribution in [0, 0.1) is 10.1 Å². The zero-order valence-corrected chi connectivity index (χ0v) is 24.8. The number of anilines is 1.